The molecule has 0 radical (unpaired) electrons. The quantitative estimate of drug-likeness (QED) is 0.568. The third kappa shape index (κ3) is 3.89. The van der Waals surface area contributed by atoms with Crippen LogP contribution in [0.3, 0.4) is 0 Å². The number of aromatic nitrogens is 1. The Morgan fingerprint density at radius 3 is 2.36 bits per heavy atom. The summed E-state index contributed by atoms with van der Waals surface area (Å²) in [5.41, 5.74) is 1.46. The van der Waals surface area contributed by atoms with E-state index in [9.17, 15) is 26.4 Å². The minimum Gasteiger partial charge on any atom is -0.311 e. The average Bonchev–Trinajstić information content (AvgIpc) is 2.80. The highest BCUT2D eigenvalue weighted by Crippen LogP contribution is 2.41. The molecule has 2 unspecified atom stereocenters. The van der Waals surface area contributed by atoms with Crippen LogP contribution in [0.15, 0.2) is 76.4 Å². The van der Waals surface area contributed by atoms with Crippen LogP contribution in [-0.2, 0) is 22.7 Å². The number of sulfonamides is 1. The number of hydrogen-bond donors (Lipinski definition) is 0. The van der Waals surface area contributed by atoms with Crippen molar-refractivity contribution in [3.05, 3.63) is 88.3 Å². The molecule has 0 saturated carbocycles. The number of nitrogens with zero attached hydrogens (tertiary/aromatic N) is 2. The van der Waals surface area contributed by atoms with E-state index in [-0.39, 0.29) is 35.4 Å². The third-order valence-electron chi connectivity index (χ3n) is 6.44. The van der Waals surface area contributed by atoms with E-state index in [1.807, 2.05) is 30.3 Å². The highest BCUT2D eigenvalue weighted by molar-refractivity contribution is 7.89. The van der Waals surface area contributed by atoms with Crippen molar-refractivity contribution < 1.29 is 21.6 Å². The summed E-state index contributed by atoms with van der Waals surface area (Å²) in [6.07, 6.45) is -3.91. The molecule has 3 aromatic rings. The zero-order valence-corrected chi connectivity index (χ0v) is 18.3. The lowest BCUT2D eigenvalue weighted by Gasteiger charge is -2.43. The minimum absolute atomic E-state index is 0.0967. The number of benzene rings is 2. The Hall–Kier alpha value is -2.91. The fourth-order valence-electron chi connectivity index (χ4n) is 5.01. The van der Waals surface area contributed by atoms with Gasteiger partial charge in [-0.15, -0.1) is 0 Å². The largest absolute Gasteiger partial charge is 0.416 e. The van der Waals surface area contributed by atoms with E-state index in [0.717, 1.165) is 35.4 Å². The predicted molar refractivity (Wildman–Crippen MR) is 117 cm³/mol. The molecular weight excluding hydrogens is 453 g/mol. The van der Waals surface area contributed by atoms with Gasteiger partial charge >= 0.3 is 6.18 Å². The number of rotatable bonds is 3. The van der Waals surface area contributed by atoms with Crippen molar-refractivity contribution in [1.29, 1.82) is 0 Å². The molecule has 2 aliphatic heterocycles. The Morgan fingerprint density at radius 2 is 1.64 bits per heavy atom. The predicted octanol–water partition coefficient (Wildman–Crippen LogP) is 4.34. The maximum atomic E-state index is 13.3. The third-order valence-corrected chi connectivity index (χ3v) is 8.27. The fourth-order valence-corrected chi connectivity index (χ4v) is 6.62. The van der Waals surface area contributed by atoms with E-state index in [4.69, 9.17) is 0 Å². The Labute approximate surface area is 189 Å². The summed E-state index contributed by atoms with van der Waals surface area (Å²) < 4.78 is 69.1. The first-order valence-corrected chi connectivity index (χ1v) is 12.0. The topological polar surface area (TPSA) is 59.4 Å². The number of hydrogen-bond acceptors (Lipinski definition) is 3. The summed E-state index contributed by atoms with van der Waals surface area (Å²) in [6.45, 7) is 0.648. The van der Waals surface area contributed by atoms with Crippen LogP contribution in [0.4, 0.5) is 13.2 Å². The van der Waals surface area contributed by atoms with Gasteiger partial charge in [0.1, 0.15) is 0 Å². The van der Waals surface area contributed by atoms with Gasteiger partial charge in [-0.05, 0) is 42.2 Å². The van der Waals surface area contributed by atoms with Crippen LogP contribution in [0, 0.1) is 5.92 Å². The van der Waals surface area contributed by atoms with Crippen molar-refractivity contribution >= 4 is 10.0 Å². The van der Waals surface area contributed by atoms with Gasteiger partial charge in [-0.2, -0.15) is 17.5 Å². The van der Waals surface area contributed by atoms with Gasteiger partial charge in [-0.3, -0.25) is 4.79 Å². The molecule has 0 N–H and O–H groups in total. The van der Waals surface area contributed by atoms with Crippen molar-refractivity contribution in [2.45, 2.75) is 30.0 Å². The molecule has 172 valence electrons. The molecule has 0 aliphatic carbocycles. The molecular formula is C24H21F3N2O3S. The maximum absolute atomic E-state index is 13.3. The van der Waals surface area contributed by atoms with Gasteiger partial charge in [0, 0.05) is 42.9 Å². The molecule has 1 aromatic heterocycles. The molecule has 2 atom stereocenters. The molecule has 3 heterocycles. The Bertz CT molecular complexity index is 1370. The summed E-state index contributed by atoms with van der Waals surface area (Å²) in [5, 5.41) is 0. The van der Waals surface area contributed by atoms with E-state index in [0.29, 0.717) is 12.6 Å². The monoisotopic (exact) mass is 474 g/mol. The molecule has 2 aliphatic rings. The highest BCUT2D eigenvalue weighted by Gasteiger charge is 2.41. The van der Waals surface area contributed by atoms with Gasteiger partial charge in [-0.1, -0.05) is 36.4 Å². The van der Waals surface area contributed by atoms with Gasteiger partial charge < -0.3 is 4.57 Å². The van der Waals surface area contributed by atoms with Crippen LogP contribution in [0.1, 0.15) is 23.6 Å². The molecule has 5 rings (SSSR count). The molecule has 33 heavy (non-hydrogen) atoms. The van der Waals surface area contributed by atoms with Gasteiger partial charge in [0.15, 0.2) is 0 Å². The van der Waals surface area contributed by atoms with Gasteiger partial charge in [-0.25, -0.2) is 8.42 Å². The molecule has 9 heteroatoms. The first-order chi connectivity index (χ1) is 15.6. The summed E-state index contributed by atoms with van der Waals surface area (Å²) >= 11 is 0. The Morgan fingerprint density at radius 1 is 0.879 bits per heavy atom. The van der Waals surface area contributed by atoms with Crippen LogP contribution in [-0.4, -0.2) is 30.4 Å². The first-order valence-electron chi connectivity index (χ1n) is 10.6. The van der Waals surface area contributed by atoms with Crippen LogP contribution < -0.4 is 5.56 Å². The summed E-state index contributed by atoms with van der Waals surface area (Å²) in [5.74, 6) is -0.331. The van der Waals surface area contributed by atoms with E-state index in [1.54, 1.807) is 10.6 Å². The second-order valence-electron chi connectivity index (χ2n) is 8.59. The number of fused-ring (bicyclic) bond motifs is 4. The number of piperidine rings is 1. The van der Waals surface area contributed by atoms with E-state index in [2.05, 4.69) is 0 Å². The summed E-state index contributed by atoms with van der Waals surface area (Å²) in [4.78, 5) is 12.3. The second kappa shape index (κ2) is 7.85. The molecule has 5 nitrogen and oxygen atoms in total. The zero-order chi connectivity index (χ0) is 23.4. The van der Waals surface area contributed by atoms with Crippen LogP contribution in [0.25, 0.3) is 11.1 Å². The van der Waals surface area contributed by atoms with Crippen molar-refractivity contribution in [2.75, 3.05) is 13.1 Å². The lowest BCUT2D eigenvalue weighted by Crippen LogP contribution is -2.49. The maximum Gasteiger partial charge on any atom is 0.416 e. The molecule has 0 amide bonds. The van der Waals surface area contributed by atoms with Crippen LogP contribution >= 0.6 is 0 Å². The standard InChI is InChI=1S/C24H21F3N2O3S/c25-24(26,27)19-7-4-8-20(12-19)33(31,32)28-13-16-11-18(15-28)23-21(17-5-2-1-3-6-17)9-10-22(30)29(23)14-16/h1-10,12,16,18H,11,13-15H2. The van der Waals surface area contributed by atoms with Gasteiger partial charge in [0.05, 0.1) is 10.5 Å². The molecule has 1 fully saturated rings. The van der Waals surface area contributed by atoms with E-state index in [1.165, 1.54) is 16.4 Å². The Kier molecular flexibility index (Phi) is 5.21. The number of halogens is 3. The fraction of sp³-hybridized carbons (Fsp3) is 0.292. The lowest BCUT2D eigenvalue weighted by atomic mass is 9.81. The molecule has 1 saturated heterocycles. The summed E-state index contributed by atoms with van der Waals surface area (Å²) in [7, 11) is -4.13. The molecule has 0 spiro atoms. The Balaban J connectivity index is 1.55. The summed E-state index contributed by atoms with van der Waals surface area (Å²) in [6, 6.07) is 16.7. The van der Waals surface area contributed by atoms with Crippen molar-refractivity contribution in [2.24, 2.45) is 5.92 Å². The molecule has 2 bridgehead atoms. The average molecular weight is 475 g/mol. The zero-order valence-electron chi connectivity index (χ0n) is 17.5. The minimum atomic E-state index is -4.63. The van der Waals surface area contributed by atoms with Crippen molar-refractivity contribution in [1.82, 2.24) is 8.87 Å². The van der Waals surface area contributed by atoms with Crippen LogP contribution in [0.5, 0.6) is 0 Å². The first kappa shape index (κ1) is 21.9. The molecule has 2 aromatic carbocycles. The van der Waals surface area contributed by atoms with Crippen LogP contribution in [0.2, 0.25) is 0 Å². The van der Waals surface area contributed by atoms with Crippen molar-refractivity contribution in [3.63, 3.8) is 0 Å². The lowest BCUT2D eigenvalue weighted by molar-refractivity contribution is -0.137. The van der Waals surface area contributed by atoms with Gasteiger partial charge in [0.2, 0.25) is 10.0 Å². The van der Waals surface area contributed by atoms with Gasteiger partial charge in [0.25, 0.3) is 5.56 Å². The SMILES string of the molecule is O=c1ccc(-c2ccccc2)c2n1CC1CC2CN(S(=O)(=O)c2cccc(C(F)(F)F)c2)C1. The normalized spacial score (nSPS) is 20.9. The van der Waals surface area contributed by atoms with E-state index >= 15 is 0 Å². The second-order valence-corrected chi connectivity index (χ2v) is 10.5. The number of alkyl halides is 3. The smallest absolute Gasteiger partial charge is 0.311 e. The van der Waals surface area contributed by atoms with Crippen molar-refractivity contribution in [3.8, 4) is 11.1 Å². The number of pyridine rings is 1. The highest BCUT2D eigenvalue weighted by atomic mass is 32.2. The van der Waals surface area contributed by atoms with E-state index < -0.39 is 21.8 Å².